The van der Waals surface area contributed by atoms with E-state index in [-0.39, 0.29) is 30.6 Å². The van der Waals surface area contributed by atoms with Gasteiger partial charge in [-0.1, -0.05) is 18.2 Å². The Morgan fingerprint density at radius 1 is 1.22 bits per heavy atom. The van der Waals surface area contributed by atoms with Gasteiger partial charge in [0.25, 0.3) is 5.91 Å². The summed E-state index contributed by atoms with van der Waals surface area (Å²) < 4.78 is 11.9. The van der Waals surface area contributed by atoms with Crippen molar-refractivity contribution in [1.29, 1.82) is 0 Å². The zero-order valence-corrected chi connectivity index (χ0v) is 13.1. The molecule has 1 heterocycles. The van der Waals surface area contributed by atoms with Crippen LogP contribution in [0.2, 0.25) is 0 Å². The maximum absolute atomic E-state index is 12.0. The normalized spacial score (nSPS) is 10.2. The van der Waals surface area contributed by atoms with Crippen molar-refractivity contribution in [1.82, 2.24) is 15.1 Å². The van der Waals surface area contributed by atoms with Crippen molar-refractivity contribution in [2.75, 3.05) is 19.8 Å². The van der Waals surface area contributed by atoms with Gasteiger partial charge in [-0.05, 0) is 26.0 Å². The molecule has 1 aromatic heterocycles. The molecule has 23 heavy (non-hydrogen) atoms. The molecule has 0 atom stereocenters. The van der Waals surface area contributed by atoms with Gasteiger partial charge in [-0.2, -0.15) is 5.10 Å². The van der Waals surface area contributed by atoms with Gasteiger partial charge < -0.3 is 14.8 Å². The fraction of sp³-hybridized carbons (Fsp3) is 0.312. The number of esters is 1. The van der Waals surface area contributed by atoms with Crippen molar-refractivity contribution in [2.24, 2.45) is 0 Å². The van der Waals surface area contributed by atoms with E-state index in [1.165, 1.54) is 4.68 Å². The van der Waals surface area contributed by atoms with E-state index < -0.39 is 5.97 Å². The van der Waals surface area contributed by atoms with E-state index in [0.29, 0.717) is 6.54 Å². The lowest BCUT2D eigenvalue weighted by molar-refractivity contribution is -0.123. The number of hydrogen-bond donors (Lipinski definition) is 1. The zero-order chi connectivity index (χ0) is 16.7. The highest BCUT2D eigenvalue weighted by atomic mass is 16.5. The molecular formula is C16H19N3O4. The maximum atomic E-state index is 12.0. The first-order valence-electron chi connectivity index (χ1n) is 7.37. The Labute approximate surface area is 134 Å². The second-order valence-electron chi connectivity index (χ2n) is 4.58. The number of benzene rings is 1. The molecule has 0 aliphatic heterocycles. The number of rotatable bonds is 7. The first kappa shape index (κ1) is 16.5. The molecule has 1 N–H and O–H groups in total. The predicted octanol–water partition coefficient (Wildman–Crippen LogP) is 1.56. The standard InChI is InChI=1S/C16H19N3O4/c1-3-17-14(20)11-23-13-10-19(12-8-6-5-7-9-12)18-15(13)16(21)22-4-2/h5-10H,3-4,11H2,1-2H3,(H,17,20). The number of carbonyl (C=O) groups is 2. The van der Waals surface area contributed by atoms with Gasteiger partial charge in [0.1, 0.15) is 0 Å². The molecule has 0 fully saturated rings. The second kappa shape index (κ2) is 7.98. The fourth-order valence-electron chi connectivity index (χ4n) is 1.91. The minimum absolute atomic E-state index is 0.0417. The minimum atomic E-state index is -0.590. The van der Waals surface area contributed by atoms with Gasteiger partial charge >= 0.3 is 5.97 Å². The van der Waals surface area contributed by atoms with Crippen molar-refractivity contribution >= 4 is 11.9 Å². The van der Waals surface area contributed by atoms with Crippen LogP contribution in [-0.2, 0) is 9.53 Å². The summed E-state index contributed by atoms with van der Waals surface area (Å²) in [5, 5.41) is 6.83. The van der Waals surface area contributed by atoms with Crippen molar-refractivity contribution in [3.8, 4) is 11.4 Å². The highest BCUT2D eigenvalue weighted by Crippen LogP contribution is 2.20. The first-order valence-corrected chi connectivity index (χ1v) is 7.37. The monoisotopic (exact) mass is 317 g/mol. The van der Waals surface area contributed by atoms with Gasteiger partial charge in [0.05, 0.1) is 18.5 Å². The summed E-state index contributed by atoms with van der Waals surface area (Å²) in [5.41, 5.74) is 0.811. The summed E-state index contributed by atoms with van der Waals surface area (Å²) in [6, 6.07) is 9.28. The van der Waals surface area contributed by atoms with E-state index in [1.807, 2.05) is 37.3 Å². The summed E-state index contributed by atoms with van der Waals surface area (Å²) in [4.78, 5) is 23.5. The van der Waals surface area contributed by atoms with Crippen molar-refractivity contribution < 1.29 is 19.1 Å². The third-order valence-electron chi connectivity index (χ3n) is 2.90. The van der Waals surface area contributed by atoms with Gasteiger partial charge in [0, 0.05) is 6.54 Å². The molecule has 0 saturated heterocycles. The molecule has 0 aliphatic carbocycles. The van der Waals surface area contributed by atoms with E-state index in [9.17, 15) is 9.59 Å². The largest absolute Gasteiger partial charge is 0.480 e. The van der Waals surface area contributed by atoms with Gasteiger partial charge in [-0.15, -0.1) is 0 Å². The molecule has 2 rings (SSSR count). The number of nitrogens with zero attached hydrogens (tertiary/aromatic N) is 2. The molecule has 122 valence electrons. The Morgan fingerprint density at radius 3 is 2.61 bits per heavy atom. The van der Waals surface area contributed by atoms with Gasteiger partial charge in [0.2, 0.25) is 5.69 Å². The summed E-state index contributed by atoms with van der Waals surface area (Å²) in [7, 11) is 0. The summed E-state index contributed by atoms with van der Waals surface area (Å²) >= 11 is 0. The van der Waals surface area contributed by atoms with Crippen LogP contribution in [0.4, 0.5) is 0 Å². The molecule has 1 aromatic carbocycles. The van der Waals surface area contributed by atoms with E-state index >= 15 is 0 Å². The second-order valence-corrected chi connectivity index (χ2v) is 4.58. The van der Waals surface area contributed by atoms with Gasteiger partial charge in [-0.25, -0.2) is 9.48 Å². The molecule has 2 aromatic rings. The molecule has 0 bridgehead atoms. The van der Waals surface area contributed by atoms with Crippen molar-refractivity contribution in [3.05, 3.63) is 42.2 Å². The molecular weight excluding hydrogens is 298 g/mol. The first-order chi connectivity index (χ1) is 11.2. The Morgan fingerprint density at radius 2 is 1.96 bits per heavy atom. The lowest BCUT2D eigenvalue weighted by Gasteiger charge is -2.05. The van der Waals surface area contributed by atoms with Crippen LogP contribution >= 0.6 is 0 Å². The van der Waals surface area contributed by atoms with Crippen LogP contribution < -0.4 is 10.1 Å². The molecule has 1 amide bonds. The number of nitrogens with one attached hydrogen (secondary N) is 1. The highest BCUT2D eigenvalue weighted by Gasteiger charge is 2.20. The molecule has 0 spiro atoms. The summed E-state index contributed by atoms with van der Waals surface area (Å²) in [6.07, 6.45) is 1.56. The maximum Gasteiger partial charge on any atom is 0.362 e. The number of hydrogen-bond acceptors (Lipinski definition) is 5. The third kappa shape index (κ3) is 4.32. The Hall–Kier alpha value is -2.83. The lowest BCUT2D eigenvalue weighted by atomic mass is 10.3. The number of para-hydroxylation sites is 1. The van der Waals surface area contributed by atoms with Crippen LogP contribution in [0, 0.1) is 0 Å². The van der Waals surface area contributed by atoms with Crippen LogP contribution in [-0.4, -0.2) is 41.4 Å². The highest BCUT2D eigenvalue weighted by molar-refractivity contribution is 5.90. The molecule has 0 radical (unpaired) electrons. The van der Waals surface area contributed by atoms with Gasteiger partial charge in [0.15, 0.2) is 12.4 Å². The van der Waals surface area contributed by atoms with Crippen LogP contribution in [0.25, 0.3) is 5.69 Å². The Balaban J connectivity index is 2.25. The van der Waals surface area contributed by atoms with Crippen LogP contribution in [0.5, 0.6) is 5.75 Å². The molecule has 0 unspecified atom stereocenters. The zero-order valence-electron chi connectivity index (χ0n) is 13.1. The smallest absolute Gasteiger partial charge is 0.362 e. The number of ether oxygens (including phenoxy) is 2. The van der Waals surface area contributed by atoms with Crippen LogP contribution in [0.15, 0.2) is 36.5 Å². The van der Waals surface area contributed by atoms with Crippen LogP contribution in [0.3, 0.4) is 0 Å². The number of aromatic nitrogens is 2. The minimum Gasteiger partial charge on any atom is -0.480 e. The SMILES string of the molecule is CCNC(=O)COc1cn(-c2ccccc2)nc1C(=O)OCC. The predicted molar refractivity (Wildman–Crippen MR) is 83.7 cm³/mol. The van der Waals surface area contributed by atoms with Gasteiger partial charge in [-0.3, -0.25) is 4.79 Å². The van der Waals surface area contributed by atoms with E-state index in [4.69, 9.17) is 9.47 Å². The summed E-state index contributed by atoms with van der Waals surface area (Å²) in [6.45, 7) is 4.07. The summed E-state index contributed by atoms with van der Waals surface area (Å²) in [5.74, 6) is -0.651. The average molecular weight is 317 g/mol. The Kier molecular flexibility index (Phi) is 5.74. The van der Waals surface area contributed by atoms with E-state index in [1.54, 1.807) is 13.1 Å². The third-order valence-corrected chi connectivity index (χ3v) is 2.90. The quantitative estimate of drug-likeness (QED) is 0.784. The molecule has 7 nitrogen and oxygen atoms in total. The Bertz CT molecular complexity index is 667. The van der Waals surface area contributed by atoms with Crippen molar-refractivity contribution in [2.45, 2.75) is 13.8 Å². The number of amides is 1. The number of carbonyl (C=O) groups excluding carboxylic acids is 2. The van der Waals surface area contributed by atoms with Crippen molar-refractivity contribution in [3.63, 3.8) is 0 Å². The lowest BCUT2D eigenvalue weighted by Crippen LogP contribution is -2.28. The van der Waals surface area contributed by atoms with E-state index in [2.05, 4.69) is 10.4 Å². The molecule has 0 aliphatic rings. The topological polar surface area (TPSA) is 82.5 Å². The average Bonchev–Trinajstić information content (AvgIpc) is 2.99. The fourth-order valence-corrected chi connectivity index (χ4v) is 1.91. The molecule has 0 saturated carbocycles. The van der Waals surface area contributed by atoms with E-state index in [0.717, 1.165) is 5.69 Å². The van der Waals surface area contributed by atoms with Crippen LogP contribution in [0.1, 0.15) is 24.3 Å². The molecule has 7 heteroatoms. The number of likely N-dealkylation sites (N-methyl/N-ethyl adjacent to an activating group) is 1.